The van der Waals surface area contributed by atoms with Gasteiger partial charge in [0.2, 0.25) is 17.7 Å². The number of amides is 3. The molecular formula is C23H34N8O5. The van der Waals surface area contributed by atoms with E-state index in [1.165, 1.54) is 23.8 Å². The van der Waals surface area contributed by atoms with Gasteiger partial charge in [0.25, 0.3) is 0 Å². The van der Waals surface area contributed by atoms with Gasteiger partial charge in [-0.25, -0.2) is 14.8 Å². The van der Waals surface area contributed by atoms with Crippen molar-refractivity contribution in [3.8, 4) is 0 Å². The van der Waals surface area contributed by atoms with Crippen molar-refractivity contribution in [3.63, 3.8) is 0 Å². The molecular weight excluding hydrogens is 468 g/mol. The molecule has 0 aromatic carbocycles. The van der Waals surface area contributed by atoms with E-state index in [0.29, 0.717) is 37.2 Å². The van der Waals surface area contributed by atoms with Crippen LogP contribution >= 0.6 is 0 Å². The average Bonchev–Trinajstić information content (AvgIpc) is 3.59. The molecule has 1 saturated heterocycles. The van der Waals surface area contributed by atoms with Crippen molar-refractivity contribution in [1.29, 1.82) is 0 Å². The van der Waals surface area contributed by atoms with Crippen molar-refractivity contribution in [1.82, 2.24) is 35.5 Å². The zero-order chi connectivity index (χ0) is 26.2. The molecule has 13 nitrogen and oxygen atoms in total. The number of carbonyl (C=O) groups is 4. The number of rotatable bonds is 12. The van der Waals surface area contributed by atoms with E-state index in [4.69, 9.17) is 5.73 Å². The van der Waals surface area contributed by atoms with Crippen LogP contribution in [0.25, 0.3) is 0 Å². The number of hydrogen-bond acceptors (Lipinski definition) is 7. The molecule has 1 fully saturated rings. The molecule has 0 aliphatic carbocycles. The summed E-state index contributed by atoms with van der Waals surface area (Å²) in [7, 11) is 0. The van der Waals surface area contributed by atoms with Gasteiger partial charge >= 0.3 is 5.97 Å². The van der Waals surface area contributed by atoms with Crippen LogP contribution < -0.4 is 16.4 Å². The Morgan fingerprint density at radius 3 is 2.28 bits per heavy atom. The molecule has 1 aliphatic rings. The van der Waals surface area contributed by atoms with Gasteiger partial charge in [-0.2, -0.15) is 0 Å². The van der Waals surface area contributed by atoms with Gasteiger partial charge in [-0.15, -0.1) is 0 Å². The SMILES string of the molecule is CC(C)CC(NC(=O)C(N)Cc1cnc[nH]1)C(=O)N1CCCC1C(=O)NC(Cc1cnc[nH]1)C(=O)O. The Kier molecular flexibility index (Phi) is 9.17. The maximum absolute atomic E-state index is 13.5. The molecule has 13 heteroatoms. The van der Waals surface area contributed by atoms with Crippen molar-refractivity contribution in [2.75, 3.05) is 6.54 Å². The van der Waals surface area contributed by atoms with Crippen molar-refractivity contribution in [2.45, 2.75) is 70.1 Å². The van der Waals surface area contributed by atoms with Crippen molar-refractivity contribution in [2.24, 2.45) is 11.7 Å². The summed E-state index contributed by atoms with van der Waals surface area (Å²) in [5, 5.41) is 14.9. The number of aromatic nitrogens is 4. The Morgan fingerprint density at radius 2 is 1.72 bits per heavy atom. The molecule has 3 rings (SSSR count). The van der Waals surface area contributed by atoms with Crippen LogP contribution in [0.4, 0.5) is 0 Å². The lowest BCUT2D eigenvalue weighted by Gasteiger charge is -2.30. The fourth-order valence-corrected chi connectivity index (χ4v) is 4.29. The van der Waals surface area contributed by atoms with Gasteiger partial charge in [0.15, 0.2) is 0 Å². The predicted molar refractivity (Wildman–Crippen MR) is 128 cm³/mol. The van der Waals surface area contributed by atoms with Crippen LogP contribution in [-0.2, 0) is 32.0 Å². The summed E-state index contributed by atoms with van der Waals surface area (Å²) in [6.07, 6.45) is 7.60. The van der Waals surface area contributed by atoms with Gasteiger partial charge < -0.3 is 36.3 Å². The molecule has 4 unspecified atom stereocenters. The van der Waals surface area contributed by atoms with Crippen molar-refractivity contribution >= 4 is 23.7 Å². The fourth-order valence-electron chi connectivity index (χ4n) is 4.29. The van der Waals surface area contributed by atoms with Crippen LogP contribution in [0.15, 0.2) is 25.0 Å². The Bertz CT molecular complexity index is 1020. The summed E-state index contributed by atoms with van der Waals surface area (Å²) in [6.45, 7) is 4.19. The highest BCUT2D eigenvalue weighted by Gasteiger charge is 2.39. The molecule has 3 amide bonds. The van der Waals surface area contributed by atoms with E-state index in [2.05, 4.69) is 30.6 Å². The minimum Gasteiger partial charge on any atom is -0.480 e. The molecule has 2 aromatic heterocycles. The summed E-state index contributed by atoms with van der Waals surface area (Å²) < 4.78 is 0. The lowest BCUT2D eigenvalue weighted by atomic mass is 10.0. The summed E-state index contributed by atoms with van der Waals surface area (Å²) in [4.78, 5) is 66.0. The number of likely N-dealkylation sites (tertiary alicyclic amines) is 1. The Balaban J connectivity index is 1.67. The van der Waals surface area contributed by atoms with Gasteiger partial charge in [0, 0.05) is 43.2 Å². The van der Waals surface area contributed by atoms with Gasteiger partial charge in [-0.05, 0) is 25.2 Å². The standard InChI is InChI=1S/C23H34N8O5/c1-13(2)6-17(29-20(32)16(24)7-14-9-25-11-27-14)22(34)31-5-3-4-19(31)21(33)30-18(23(35)36)8-15-10-26-12-28-15/h9-13,16-19H,3-8,24H2,1-2H3,(H,25,27)(H,26,28)(H,29,32)(H,30,33)(H,35,36). The first kappa shape index (κ1) is 26.9. The van der Waals surface area contributed by atoms with Crippen LogP contribution in [0.3, 0.4) is 0 Å². The minimum atomic E-state index is -1.19. The van der Waals surface area contributed by atoms with E-state index >= 15 is 0 Å². The second-order valence-corrected chi connectivity index (χ2v) is 9.45. The van der Waals surface area contributed by atoms with Gasteiger partial charge in [-0.1, -0.05) is 13.8 Å². The molecule has 196 valence electrons. The topological polar surface area (TPSA) is 199 Å². The first-order chi connectivity index (χ1) is 17.2. The second kappa shape index (κ2) is 12.3. The molecule has 0 saturated carbocycles. The number of carbonyl (C=O) groups excluding carboxylic acids is 3. The highest BCUT2D eigenvalue weighted by molar-refractivity contribution is 5.94. The Hall–Kier alpha value is -3.74. The lowest BCUT2D eigenvalue weighted by Crippen LogP contribution is -2.57. The zero-order valence-electron chi connectivity index (χ0n) is 20.4. The number of aliphatic carboxylic acids is 1. The maximum atomic E-state index is 13.5. The highest BCUT2D eigenvalue weighted by atomic mass is 16.4. The molecule has 36 heavy (non-hydrogen) atoms. The summed E-state index contributed by atoms with van der Waals surface area (Å²) in [6, 6.07) is -3.75. The molecule has 4 atom stereocenters. The normalized spacial score (nSPS) is 18.0. The number of nitrogens with two attached hydrogens (primary N) is 1. The largest absolute Gasteiger partial charge is 0.480 e. The van der Waals surface area contributed by atoms with Crippen LogP contribution in [0.5, 0.6) is 0 Å². The second-order valence-electron chi connectivity index (χ2n) is 9.45. The third-order valence-electron chi connectivity index (χ3n) is 6.09. The number of aromatic amines is 2. The summed E-state index contributed by atoms with van der Waals surface area (Å²) in [5.74, 6) is -2.51. The highest BCUT2D eigenvalue weighted by Crippen LogP contribution is 2.21. The number of hydrogen-bond donors (Lipinski definition) is 6. The van der Waals surface area contributed by atoms with Gasteiger partial charge in [-0.3, -0.25) is 14.4 Å². The minimum absolute atomic E-state index is 0.0298. The van der Waals surface area contributed by atoms with E-state index in [1.807, 2.05) is 13.8 Å². The molecule has 0 bridgehead atoms. The predicted octanol–water partition coefficient (Wildman–Crippen LogP) is -0.663. The summed E-state index contributed by atoms with van der Waals surface area (Å²) in [5.41, 5.74) is 7.30. The van der Waals surface area contributed by atoms with Gasteiger partial charge in [0.05, 0.1) is 18.7 Å². The monoisotopic (exact) mass is 502 g/mol. The number of imidazole rings is 2. The van der Waals surface area contributed by atoms with Crippen LogP contribution in [0.2, 0.25) is 0 Å². The Labute approximate surface area is 208 Å². The lowest BCUT2D eigenvalue weighted by molar-refractivity contribution is -0.145. The smallest absolute Gasteiger partial charge is 0.326 e. The first-order valence-corrected chi connectivity index (χ1v) is 12.0. The van der Waals surface area contributed by atoms with E-state index < -0.39 is 42.0 Å². The van der Waals surface area contributed by atoms with E-state index in [1.54, 1.807) is 6.20 Å². The average molecular weight is 503 g/mol. The molecule has 2 aromatic rings. The molecule has 3 heterocycles. The first-order valence-electron chi connectivity index (χ1n) is 12.0. The third kappa shape index (κ3) is 7.13. The van der Waals surface area contributed by atoms with Crippen molar-refractivity contribution < 1.29 is 24.3 Å². The Morgan fingerprint density at radius 1 is 1.08 bits per heavy atom. The summed E-state index contributed by atoms with van der Waals surface area (Å²) >= 11 is 0. The third-order valence-corrected chi connectivity index (χ3v) is 6.09. The quantitative estimate of drug-likeness (QED) is 0.219. The van der Waals surface area contributed by atoms with Crippen LogP contribution in [-0.4, -0.2) is 84.3 Å². The van der Waals surface area contributed by atoms with Crippen LogP contribution in [0.1, 0.15) is 44.5 Å². The van der Waals surface area contributed by atoms with E-state index in [9.17, 15) is 24.3 Å². The van der Waals surface area contributed by atoms with Gasteiger partial charge in [0.1, 0.15) is 18.1 Å². The van der Waals surface area contributed by atoms with Crippen molar-refractivity contribution in [3.05, 3.63) is 36.4 Å². The molecule has 0 spiro atoms. The number of H-pyrrole nitrogens is 2. The van der Waals surface area contributed by atoms with E-state index in [-0.39, 0.29) is 24.7 Å². The molecule has 1 aliphatic heterocycles. The molecule has 0 radical (unpaired) electrons. The fraction of sp³-hybridized carbons (Fsp3) is 0.565. The number of carboxylic acids is 1. The zero-order valence-corrected chi connectivity index (χ0v) is 20.4. The van der Waals surface area contributed by atoms with E-state index in [0.717, 1.165) is 0 Å². The molecule has 7 N–H and O–H groups in total. The van der Waals surface area contributed by atoms with Crippen LogP contribution in [0, 0.1) is 5.92 Å². The number of carboxylic acid groups (broad SMARTS) is 1. The number of nitrogens with one attached hydrogen (secondary N) is 4. The maximum Gasteiger partial charge on any atom is 0.326 e. The number of nitrogens with zero attached hydrogens (tertiary/aromatic N) is 3.